The first-order valence-corrected chi connectivity index (χ1v) is 3.08. The summed E-state index contributed by atoms with van der Waals surface area (Å²) in [6, 6.07) is 2.05. The van der Waals surface area contributed by atoms with Gasteiger partial charge in [-0.1, -0.05) is 0 Å². The third kappa shape index (κ3) is 0.728. The summed E-state index contributed by atoms with van der Waals surface area (Å²) in [6.45, 7) is 1.88. The normalized spacial score (nSPS) is 8.50. The Labute approximate surface area is 52.2 Å². The molecule has 2 heteroatoms. The molecule has 1 rings (SSSR count). The Kier molecular flexibility index (Phi) is 1.32. The second-order valence-corrected chi connectivity index (χ2v) is 2.16. The van der Waals surface area contributed by atoms with Crippen LogP contribution in [-0.4, -0.2) is 0 Å². The molecule has 0 amide bonds. The first kappa shape index (κ1) is 5.33. The van der Waals surface area contributed by atoms with E-state index < -0.39 is 0 Å². The van der Waals surface area contributed by atoms with E-state index in [2.05, 4.69) is 11.4 Å². The van der Waals surface area contributed by atoms with Crippen molar-refractivity contribution in [3.63, 3.8) is 0 Å². The molecule has 0 aliphatic carbocycles. The average Bonchev–Trinajstić information content (AvgIpc) is 2.14. The Morgan fingerprint density at radius 1 is 1.88 bits per heavy atom. The van der Waals surface area contributed by atoms with Crippen molar-refractivity contribution in [1.29, 1.82) is 5.26 Å². The molecule has 0 atom stereocenters. The van der Waals surface area contributed by atoms with Crippen molar-refractivity contribution < 1.29 is 0 Å². The molecular formula is C6H4NS. The fourth-order valence-corrected chi connectivity index (χ4v) is 1.12. The molecule has 8 heavy (non-hydrogen) atoms. The Balaban J connectivity index is 3.15. The first-order chi connectivity index (χ1) is 3.84. The number of hydrogen-bond donors (Lipinski definition) is 0. The van der Waals surface area contributed by atoms with Gasteiger partial charge < -0.3 is 0 Å². The molecule has 0 aliphatic rings. The lowest BCUT2D eigenvalue weighted by molar-refractivity contribution is 1.44. The molecule has 0 aromatic carbocycles. The number of aryl methyl sites for hydroxylation is 1. The van der Waals surface area contributed by atoms with Crippen molar-refractivity contribution >= 4 is 11.3 Å². The Bertz CT molecular complexity index is 219. The highest BCUT2D eigenvalue weighted by Gasteiger charge is 1.93. The second kappa shape index (κ2) is 1.97. The fraction of sp³-hybridized carbons (Fsp3) is 0.167. The van der Waals surface area contributed by atoms with E-state index in [9.17, 15) is 0 Å². The van der Waals surface area contributed by atoms with Gasteiger partial charge in [0, 0.05) is 10.8 Å². The van der Waals surface area contributed by atoms with Gasteiger partial charge in [-0.25, -0.2) is 0 Å². The topological polar surface area (TPSA) is 23.8 Å². The standard InChI is InChI=1S/C6H4NS/c1-5-3-8-4-6(5)2-7/h4H,1H3. The minimum atomic E-state index is 0.745. The molecule has 39 valence electrons. The molecule has 0 fully saturated rings. The van der Waals surface area contributed by atoms with Crippen LogP contribution >= 0.6 is 11.3 Å². The van der Waals surface area contributed by atoms with E-state index in [0.29, 0.717) is 0 Å². The summed E-state index contributed by atoms with van der Waals surface area (Å²) in [5.41, 5.74) is 1.70. The van der Waals surface area contributed by atoms with Crippen molar-refractivity contribution in [2.45, 2.75) is 6.92 Å². The highest BCUT2D eigenvalue weighted by Crippen LogP contribution is 2.09. The van der Waals surface area contributed by atoms with Crippen LogP contribution in [0.4, 0.5) is 0 Å². The van der Waals surface area contributed by atoms with E-state index >= 15 is 0 Å². The summed E-state index contributed by atoms with van der Waals surface area (Å²) < 4.78 is 0. The molecule has 0 unspecified atom stereocenters. The third-order valence-electron chi connectivity index (χ3n) is 0.913. The monoisotopic (exact) mass is 122 g/mol. The molecule has 1 radical (unpaired) electrons. The van der Waals surface area contributed by atoms with Crippen LogP contribution in [0.3, 0.4) is 0 Å². The van der Waals surface area contributed by atoms with Gasteiger partial charge in [0.1, 0.15) is 6.07 Å². The van der Waals surface area contributed by atoms with E-state index in [-0.39, 0.29) is 0 Å². The number of nitrogens with zero attached hydrogens (tertiary/aromatic N) is 1. The van der Waals surface area contributed by atoms with Crippen LogP contribution in [0.5, 0.6) is 0 Å². The zero-order chi connectivity index (χ0) is 5.98. The van der Waals surface area contributed by atoms with Crippen LogP contribution in [-0.2, 0) is 0 Å². The molecule has 0 saturated heterocycles. The van der Waals surface area contributed by atoms with E-state index in [1.165, 1.54) is 11.3 Å². The van der Waals surface area contributed by atoms with Crippen molar-refractivity contribution in [1.82, 2.24) is 0 Å². The minimum absolute atomic E-state index is 0.745. The Morgan fingerprint density at radius 2 is 2.62 bits per heavy atom. The molecule has 1 aromatic heterocycles. The second-order valence-electron chi connectivity index (χ2n) is 1.49. The summed E-state index contributed by atoms with van der Waals surface area (Å²) in [6.07, 6.45) is 0. The predicted molar refractivity (Wildman–Crippen MR) is 32.6 cm³/mol. The predicted octanol–water partition coefficient (Wildman–Crippen LogP) is 1.73. The third-order valence-corrected chi connectivity index (χ3v) is 1.69. The van der Waals surface area contributed by atoms with Gasteiger partial charge in [-0.15, -0.1) is 11.3 Å². The van der Waals surface area contributed by atoms with Gasteiger partial charge in [0.05, 0.1) is 5.56 Å². The average molecular weight is 122 g/mol. The van der Waals surface area contributed by atoms with Gasteiger partial charge in [-0.3, -0.25) is 0 Å². The molecule has 0 bridgehead atoms. The van der Waals surface area contributed by atoms with E-state index in [0.717, 1.165) is 11.1 Å². The largest absolute Gasteiger partial charge is 0.192 e. The number of rotatable bonds is 0. The van der Waals surface area contributed by atoms with E-state index in [4.69, 9.17) is 5.26 Å². The molecule has 1 nitrogen and oxygen atoms in total. The van der Waals surface area contributed by atoms with Gasteiger partial charge in [0.25, 0.3) is 0 Å². The van der Waals surface area contributed by atoms with Crippen molar-refractivity contribution in [3.8, 4) is 6.07 Å². The maximum atomic E-state index is 8.34. The van der Waals surface area contributed by atoms with Crippen molar-refractivity contribution in [2.75, 3.05) is 0 Å². The SMILES string of the molecule is Cc1[c]scc1C#N. The molecule has 0 spiro atoms. The Morgan fingerprint density at radius 3 is 2.88 bits per heavy atom. The molecule has 0 aliphatic heterocycles. The summed E-state index contributed by atoms with van der Waals surface area (Å²) in [5.74, 6) is 0. The Hall–Kier alpha value is -0.810. The summed E-state index contributed by atoms with van der Waals surface area (Å²) in [5, 5.41) is 13.1. The lowest BCUT2D eigenvalue weighted by Crippen LogP contribution is -1.67. The van der Waals surface area contributed by atoms with Crippen LogP contribution in [0.2, 0.25) is 0 Å². The zero-order valence-electron chi connectivity index (χ0n) is 4.43. The number of nitriles is 1. The highest BCUT2D eigenvalue weighted by molar-refractivity contribution is 7.07. The highest BCUT2D eigenvalue weighted by atomic mass is 32.1. The minimum Gasteiger partial charge on any atom is -0.192 e. The molecular weight excluding hydrogens is 118 g/mol. The molecule has 1 aromatic rings. The van der Waals surface area contributed by atoms with Crippen LogP contribution < -0.4 is 0 Å². The van der Waals surface area contributed by atoms with Crippen LogP contribution in [0.25, 0.3) is 0 Å². The van der Waals surface area contributed by atoms with Gasteiger partial charge in [0.2, 0.25) is 0 Å². The molecule has 0 saturated carbocycles. The van der Waals surface area contributed by atoms with Crippen LogP contribution in [0.15, 0.2) is 5.38 Å². The van der Waals surface area contributed by atoms with Crippen LogP contribution in [0, 0.1) is 23.6 Å². The van der Waals surface area contributed by atoms with Crippen molar-refractivity contribution in [3.05, 3.63) is 21.9 Å². The summed E-state index contributed by atoms with van der Waals surface area (Å²) >= 11 is 1.44. The summed E-state index contributed by atoms with van der Waals surface area (Å²) in [7, 11) is 0. The number of thiophene rings is 1. The van der Waals surface area contributed by atoms with E-state index in [1.807, 2.05) is 6.92 Å². The van der Waals surface area contributed by atoms with Gasteiger partial charge in [-0.2, -0.15) is 5.26 Å². The zero-order valence-corrected chi connectivity index (χ0v) is 5.25. The molecule has 0 N–H and O–H groups in total. The summed E-state index contributed by atoms with van der Waals surface area (Å²) in [4.78, 5) is 0. The fourth-order valence-electron chi connectivity index (χ4n) is 0.430. The maximum absolute atomic E-state index is 8.34. The van der Waals surface area contributed by atoms with E-state index in [1.54, 1.807) is 5.38 Å². The quantitative estimate of drug-likeness (QED) is 0.514. The maximum Gasteiger partial charge on any atom is 0.100 e. The number of hydrogen-bond acceptors (Lipinski definition) is 2. The smallest absolute Gasteiger partial charge is 0.100 e. The van der Waals surface area contributed by atoms with Crippen molar-refractivity contribution in [2.24, 2.45) is 0 Å². The lowest BCUT2D eigenvalue weighted by atomic mass is 10.2. The molecule has 1 heterocycles. The van der Waals surface area contributed by atoms with Gasteiger partial charge in [-0.05, 0) is 12.5 Å². The van der Waals surface area contributed by atoms with Gasteiger partial charge >= 0.3 is 0 Å². The lowest BCUT2D eigenvalue weighted by Gasteiger charge is -1.76. The van der Waals surface area contributed by atoms with Gasteiger partial charge in [0.15, 0.2) is 0 Å². The first-order valence-electron chi connectivity index (χ1n) is 2.20. The van der Waals surface area contributed by atoms with Crippen LogP contribution in [0.1, 0.15) is 11.1 Å².